The normalized spacial score (nSPS) is 13.6. The number of carboxylic acid groups (broad SMARTS) is 1. The summed E-state index contributed by atoms with van der Waals surface area (Å²) in [6, 6.07) is 13.4. The van der Waals surface area contributed by atoms with Crippen LogP contribution in [0.2, 0.25) is 0 Å². The zero-order chi connectivity index (χ0) is 18.0. The molecule has 25 heavy (non-hydrogen) atoms. The number of carbonyl (C=O) groups is 1. The summed E-state index contributed by atoms with van der Waals surface area (Å²) < 4.78 is 5.32. The summed E-state index contributed by atoms with van der Waals surface area (Å²) in [7, 11) is 1.62. The maximum absolute atomic E-state index is 11.8. The molecule has 0 heterocycles. The van der Waals surface area contributed by atoms with E-state index in [1.165, 1.54) is 0 Å². The van der Waals surface area contributed by atoms with E-state index in [4.69, 9.17) is 4.74 Å². The Hall–Kier alpha value is -3.06. The first-order valence-electron chi connectivity index (χ1n) is 8.22. The van der Waals surface area contributed by atoms with Crippen LogP contribution in [0.15, 0.2) is 36.4 Å². The van der Waals surface area contributed by atoms with Gasteiger partial charge in [-0.15, -0.1) is 0 Å². The Balaban J connectivity index is 2.25. The summed E-state index contributed by atoms with van der Waals surface area (Å²) in [5.41, 5.74) is 5.29. The number of carboxylic acids is 1. The van der Waals surface area contributed by atoms with E-state index in [9.17, 15) is 15.2 Å². The van der Waals surface area contributed by atoms with Crippen LogP contribution in [0.4, 0.5) is 0 Å². The minimum absolute atomic E-state index is 0.506. The molecule has 0 aliphatic heterocycles. The number of aliphatic carboxylic acids is 1. The van der Waals surface area contributed by atoms with Crippen molar-refractivity contribution in [2.45, 2.75) is 19.8 Å². The second-order valence-corrected chi connectivity index (χ2v) is 6.12. The SMILES string of the molecule is CCC(C(=O)O)C1=Cc2ccc(OC)cc2Cc2cc(C#N)ccc21. The van der Waals surface area contributed by atoms with Crippen LogP contribution >= 0.6 is 0 Å². The van der Waals surface area contributed by atoms with Crippen LogP contribution in [-0.4, -0.2) is 18.2 Å². The van der Waals surface area contributed by atoms with Crippen LogP contribution in [0.25, 0.3) is 11.6 Å². The number of hydrogen-bond donors (Lipinski definition) is 1. The number of methoxy groups -OCH3 is 1. The molecule has 0 bridgehead atoms. The van der Waals surface area contributed by atoms with Crippen molar-refractivity contribution in [3.63, 3.8) is 0 Å². The van der Waals surface area contributed by atoms with Crippen LogP contribution in [0.3, 0.4) is 0 Å². The van der Waals surface area contributed by atoms with Crippen LogP contribution < -0.4 is 4.74 Å². The molecule has 2 aromatic carbocycles. The van der Waals surface area contributed by atoms with Gasteiger partial charge in [-0.25, -0.2) is 0 Å². The molecule has 0 amide bonds. The fourth-order valence-corrected chi connectivity index (χ4v) is 3.36. The molecule has 0 radical (unpaired) electrons. The third-order valence-corrected chi connectivity index (χ3v) is 4.67. The van der Waals surface area contributed by atoms with Gasteiger partial charge in [0.1, 0.15) is 5.75 Å². The molecule has 0 saturated carbocycles. The Labute approximate surface area is 147 Å². The van der Waals surface area contributed by atoms with Gasteiger partial charge in [-0.1, -0.05) is 19.1 Å². The van der Waals surface area contributed by atoms with Crippen LogP contribution in [0.5, 0.6) is 5.75 Å². The van der Waals surface area contributed by atoms with E-state index in [1.807, 2.05) is 43.3 Å². The van der Waals surface area contributed by atoms with Gasteiger partial charge >= 0.3 is 5.97 Å². The van der Waals surface area contributed by atoms with Crippen LogP contribution in [0.1, 0.15) is 41.2 Å². The first kappa shape index (κ1) is 16.8. The van der Waals surface area contributed by atoms with E-state index >= 15 is 0 Å². The second kappa shape index (κ2) is 6.82. The summed E-state index contributed by atoms with van der Waals surface area (Å²) in [5, 5.41) is 18.9. The first-order valence-corrected chi connectivity index (χ1v) is 8.22. The highest BCUT2D eigenvalue weighted by atomic mass is 16.5. The molecule has 4 nitrogen and oxygen atoms in total. The molecule has 0 saturated heterocycles. The molecule has 1 atom stereocenters. The quantitative estimate of drug-likeness (QED) is 0.913. The number of rotatable bonds is 4. The van der Waals surface area contributed by atoms with E-state index in [0.29, 0.717) is 18.4 Å². The molecule has 2 aromatic rings. The Morgan fingerprint density at radius 1 is 1.28 bits per heavy atom. The van der Waals surface area contributed by atoms with Crippen LogP contribution in [0, 0.1) is 17.2 Å². The lowest BCUT2D eigenvalue weighted by Crippen LogP contribution is -2.15. The summed E-state index contributed by atoms with van der Waals surface area (Å²) in [5.74, 6) is -0.653. The monoisotopic (exact) mass is 333 g/mol. The standard InChI is InChI=1S/C21H19NO3/c1-3-18(21(23)24)20-11-14-5-6-17(25-2)10-15(14)9-16-8-13(12-22)4-7-19(16)20/h4-8,10-11,18H,3,9H2,1-2H3,(H,23,24). The minimum atomic E-state index is -0.832. The van der Waals surface area contributed by atoms with Crippen LogP contribution in [-0.2, 0) is 11.2 Å². The molecule has 3 rings (SSSR count). The molecule has 1 aliphatic rings. The van der Waals surface area contributed by atoms with Crippen molar-refractivity contribution in [1.82, 2.24) is 0 Å². The fraction of sp³-hybridized carbons (Fsp3) is 0.238. The number of nitrogens with zero attached hydrogens (tertiary/aromatic N) is 1. The smallest absolute Gasteiger partial charge is 0.310 e. The lowest BCUT2D eigenvalue weighted by Gasteiger charge is -2.17. The Bertz CT molecular complexity index is 906. The molecule has 4 heteroatoms. The zero-order valence-corrected chi connectivity index (χ0v) is 14.2. The molecule has 0 aromatic heterocycles. The predicted octanol–water partition coefficient (Wildman–Crippen LogP) is 4.12. The summed E-state index contributed by atoms with van der Waals surface area (Å²) in [6.07, 6.45) is 3.11. The van der Waals surface area contributed by atoms with Gasteiger partial charge in [0.2, 0.25) is 0 Å². The van der Waals surface area contributed by atoms with E-state index in [1.54, 1.807) is 13.2 Å². The molecular formula is C21H19NO3. The summed E-state index contributed by atoms with van der Waals surface area (Å²) >= 11 is 0. The lowest BCUT2D eigenvalue weighted by atomic mass is 9.87. The molecule has 0 fully saturated rings. The number of ether oxygens (including phenoxy) is 1. The number of benzene rings is 2. The van der Waals surface area contributed by atoms with Gasteiger partial charge in [0, 0.05) is 0 Å². The molecular weight excluding hydrogens is 314 g/mol. The van der Waals surface area contributed by atoms with Gasteiger partial charge in [-0.3, -0.25) is 4.79 Å². The highest BCUT2D eigenvalue weighted by Crippen LogP contribution is 2.37. The van der Waals surface area contributed by atoms with Gasteiger partial charge < -0.3 is 9.84 Å². The summed E-state index contributed by atoms with van der Waals surface area (Å²) in [4.78, 5) is 11.8. The van der Waals surface area contributed by atoms with Crippen molar-refractivity contribution in [3.05, 3.63) is 64.2 Å². The topological polar surface area (TPSA) is 70.3 Å². The Kier molecular flexibility index (Phi) is 4.58. The van der Waals surface area contributed by atoms with Gasteiger partial charge in [0.25, 0.3) is 0 Å². The van der Waals surface area contributed by atoms with E-state index in [-0.39, 0.29) is 0 Å². The number of nitriles is 1. The van der Waals surface area contributed by atoms with E-state index in [2.05, 4.69) is 6.07 Å². The van der Waals surface area contributed by atoms with Crippen molar-refractivity contribution in [2.24, 2.45) is 5.92 Å². The van der Waals surface area contributed by atoms with Crippen molar-refractivity contribution in [2.75, 3.05) is 7.11 Å². The third-order valence-electron chi connectivity index (χ3n) is 4.67. The van der Waals surface area contributed by atoms with Gasteiger partial charge in [-0.2, -0.15) is 5.26 Å². The highest BCUT2D eigenvalue weighted by molar-refractivity contribution is 5.96. The molecule has 1 unspecified atom stereocenters. The van der Waals surface area contributed by atoms with Gasteiger partial charge in [0.05, 0.1) is 24.7 Å². The molecule has 0 spiro atoms. The predicted molar refractivity (Wildman–Crippen MR) is 96.2 cm³/mol. The average Bonchev–Trinajstić information content (AvgIpc) is 2.77. The second-order valence-electron chi connectivity index (χ2n) is 6.12. The maximum Gasteiger partial charge on any atom is 0.310 e. The minimum Gasteiger partial charge on any atom is -0.497 e. The fourth-order valence-electron chi connectivity index (χ4n) is 3.36. The van der Waals surface area contributed by atoms with Crippen molar-refractivity contribution in [3.8, 4) is 11.8 Å². The largest absolute Gasteiger partial charge is 0.497 e. The molecule has 1 N–H and O–H groups in total. The van der Waals surface area contributed by atoms with E-state index < -0.39 is 11.9 Å². The van der Waals surface area contributed by atoms with Crippen molar-refractivity contribution in [1.29, 1.82) is 5.26 Å². The zero-order valence-electron chi connectivity index (χ0n) is 14.2. The molecule has 1 aliphatic carbocycles. The third kappa shape index (κ3) is 3.14. The lowest BCUT2D eigenvalue weighted by molar-refractivity contribution is -0.139. The first-order chi connectivity index (χ1) is 12.1. The van der Waals surface area contributed by atoms with Gasteiger partial charge in [0.15, 0.2) is 0 Å². The summed E-state index contributed by atoms with van der Waals surface area (Å²) in [6.45, 7) is 1.88. The Morgan fingerprint density at radius 3 is 2.72 bits per heavy atom. The van der Waals surface area contributed by atoms with Gasteiger partial charge in [-0.05, 0) is 71.0 Å². The van der Waals surface area contributed by atoms with Crippen molar-refractivity contribution >= 4 is 17.6 Å². The molecule has 126 valence electrons. The average molecular weight is 333 g/mol. The number of hydrogen-bond acceptors (Lipinski definition) is 3. The number of fused-ring (bicyclic) bond motifs is 2. The van der Waals surface area contributed by atoms with Crippen molar-refractivity contribution < 1.29 is 14.6 Å². The maximum atomic E-state index is 11.8. The Morgan fingerprint density at radius 2 is 2.08 bits per heavy atom. The highest BCUT2D eigenvalue weighted by Gasteiger charge is 2.26. The van der Waals surface area contributed by atoms with E-state index in [0.717, 1.165) is 33.6 Å².